The van der Waals surface area contributed by atoms with Gasteiger partial charge in [-0.1, -0.05) is 13.5 Å². The lowest BCUT2D eigenvalue weighted by Gasteiger charge is -2.09. The number of aliphatic hydroxyl groups excluding tert-OH is 1. The molecule has 1 aliphatic carbocycles. The molecular formula is C9H14O3. The number of hydrogen-bond donors (Lipinski definition) is 1. The van der Waals surface area contributed by atoms with Crippen LogP contribution in [0.1, 0.15) is 19.8 Å². The van der Waals surface area contributed by atoms with Gasteiger partial charge in [0.05, 0.1) is 6.61 Å². The zero-order chi connectivity index (χ0) is 9.19. The van der Waals surface area contributed by atoms with Crippen molar-refractivity contribution in [3.63, 3.8) is 0 Å². The molecule has 2 unspecified atom stereocenters. The van der Waals surface area contributed by atoms with Gasteiger partial charge in [0.2, 0.25) is 0 Å². The van der Waals surface area contributed by atoms with E-state index in [2.05, 4.69) is 6.58 Å². The summed E-state index contributed by atoms with van der Waals surface area (Å²) in [6.45, 7) is 5.38. The Bertz CT molecular complexity index is 194. The molecular weight excluding hydrogens is 156 g/mol. The number of aliphatic hydroxyl groups is 1. The molecule has 1 fully saturated rings. The average Bonchev–Trinajstić information content (AvgIpc) is 2.79. The van der Waals surface area contributed by atoms with E-state index in [1.165, 1.54) is 0 Å². The molecule has 1 saturated carbocycles. The summed E-state index contributed by atoms with van der Waals surface area (Å²) in [5.74, 6) is -0.399. The summed E-state index contributed by atoms with van der Waals surface area (Å²) in [6.07, 6.45) is 2.67. The smallest absolute Gasteiger partial charge is 0.330 e. The lowest BCUT2D eigenvalue weighted by Crippen LogP contribution is -2.15. The van der Waals surface area contributed by atoms with Crippen LogP contribution in [0.2, 0.25) is 0 Å². The van der Waals surface area contributed by atoms with E-state index in [-0.39, 0.29) is 18.1 Å². The summed E-state index contributed by atoms with van der Waals surface area (Å²) in [5.41, 5.74) is -0.154. The second-order valence-corrected chi connectivity index (χ2v) is 3.21. The Hall–Kier alpha value is -0.830. The number of hydrogen-bond acceptors (Lipinski definition) is 3. The number of ether oxygens (including phenoxy) is 1. The first kappa shape index (κ1) is 9.26. The molecule has 1 aliphatic rings. The van der Waals surface area contributed by atoms with Gasteiger partial charge in [0, 0.05) is 11.5 Å². The van der Waals surface area contributed by atoms with Gasteiger partial charge in [0.1, 0.15) is 6.10 Å². The number of carbonyl (C=O) groups is 1. The Morgan fingerprint density at radius 3 is 2.92 bits per heavy atom. The molecule has 0 amide bonds. The Morgan fingerprint density at radius 2 is 2.58 bits per heavy atom. The van der Waals surface area contributed by atoms with Crippen LogP contribution in [0.5, 0.6) is 0 Å². The standard InChI is InChI=1S/C9H14O3/c1-3-8(11)12-7-5-9(7,4-2)6-10/h3,7,10H,1,4-6H2,2H3. The Balaban J connectivity index is 2.40. The molecule has 2 atom stereocenters. The first-order valence-electron chi connectivity index (χ1n) is 4.12. The van der Waals surface area contributed by atoms with Crippen molar-refractivity contribution >= 4 is 5.97 Å². The summed E-state index contributed by atoms with van der Waals surface area (Å²) in [6, 6.07) is 0. The van der Waals surface area contributed by atoms with Crippen LogP contribution in [0.15, 0.2) is 12.7 Å². The Labute approximate surface area is 72.0 Å². The zero-order valence-corrected chi connectivity index (χ0v) is 7.25. The van der Waals surface area contributed by atoms with Gasteiger partial charge in [-0.05, 0) is 12.8 Å². The van der Waals surface area contributed by atoms with Crippen LogP contribution in [0.25, 0.3) is 0 Å². The van der Waals surface area contributed by atoms with Gasteiger partial charge in [-0.2, -0.15) is 0 Å². The summed E-state index contributed by atoms with van der Waals surface area (Å²) in [7, 11) is 0. The normalized spacial score (nSPS) is 32.7. The van der Waals surface area contributed by atoms with Crippen molar-refractivity contribution in [3.8, 4) is 0 Å². The average molecular weight is 170 g/mol. The second-order valence-electron chi connectivity index (χ2n) is 3.21. The Morgan fingerprint density at radius 1 is 1.92 bits per heavy atom. The first-order valence-corrected chi connectivity index (χ1v) is 4.12. The van der Waals surface area contributed by atoms with Crippen LogP contribution in [-0.4, -0.2) is 23.8 Å². The molecule has 68 valence electrons. The monoisotopic (exact) mass is 170 g/mol. The van der Waals surface area contributed by atoms with E-state index in [4.69, 9.17) is 9.84 Å². The molecule has 0 aromatic rings. The SMILES string of the molecule is C=CC(=O)OC1CC1(CC)CO. The fourth-order valence-corrected chi connectivity index (χ4v) is 1.32. The quantitative estimate of drug-likeness (QED) is 0.503. The molecule has 1 rings (SSSR count). The fraction of sp³-hybridized carbons (Fsp3) is 0.667. The second kappa shape index (κ2) is 3.27. The van der Waals surface area contributed by atoms with Crippen molar-refractivity contribution in [2.75, 3.05) is 6.61 Å². The first-order chi connectivity index (χ1) is 5.68. The third kappa shape index (κ3) is 1.50. The van der Waals surface area contributed by atoms with Crippen LogP contribution in [0, 0.1) is 5.41 Å². The van der Waals surface area contributed by atoms with Gasteiger partial charge in [-0.15, -0.1) is 0 Å². The summed E-state index contributed by atoms with van der Waals surface area (Å²) < 4.78 is 4.99. The minimum absolute atomic E-state index is 0.0958. The van der Waals surface area contributed by atoms with E-state index in [1.807, 2.05) is 6.92 Å². The maximum Gasteiger partial charge on any atom is 0.330 e. The highest BCUT2D eigenvalue weighted by Gasteiger charge is 2.55. The third-order valence-electron chi connectivity index (χ3n) is 2.56. The maximum atomic E-state index is 10.8. The molecule has 3 nitrogen and oxygen atoms in total. The minimum atomic E-state index is -0.399. The van der Waals surface area contributed by atoms with Crippen LogP contribution in [0.4, 0.5) is 0 Å². The van der Waals surface area contributed by atoms with E-state index >= 15 is 0 Å². The van der Waals surface area contributed by atoms with Crippen LogP contribution >= 0.6 is 0 Å². The molecule has 0 saturated heterocycles. The molecule has 0 heterocycles. The summed E-state index contributed by atoms with van der Waals surface area (Å²) in [4.78, 5) is 10.8. The van der Waals surface area contributed by atoms with Crippen molar-refractivity contribution in [3.05, 3.63) is 12.7 Å². The van der Waals surface area contributed by atoms with E-state index in [9.17, 15) is 4.79 Å². The van der Waals surface area contributed by atoms with Crippen molar-refractivity contribution in [1.82, 2.24) is 0 Å². The van der Waals surface area contributed by atoms with E-state index in [1.54, 1.807) is 0 Å². The molecule has 3 heteroatoms. The molecule has 0 aromatic carbocycles. The number of carbonyl (C=O) groups excluding carboxylic acids is 1. The number of esters is 1. The Kier molecular flexibility index (Phi) is 2.52. The lowest BCUT2D eigenvalue weighted by atomic mass is 10.1. The van der Waals surface area contributed by atoms with Crippen LogP contribution < -0.4 is 0 Å². The predicted octanol–water partition coefficient (Wildman–Crippen LogP) is 0.877. The molecule has 0 radical (unpaired) electrons. The van der Waals surface area contributed by atoms with E-state index in [0.29, 0.717) is 0 Å². The largest absolute Gasteiger partial charge is 0.459 e. The van der Waals surface area contributed by atoms with Gasteiger partial charge in [-0.3, -0.25) is 0 Å². The minimum Gasteiger partial charge on any atom is -0.459 e. The van der Waals surface area contributed by atoms with Crippen molar-refractivity contribution < 1.29 is 14.6 Å². The highest BCUT2D eigenvalue weighted by molar-refractivity contribution is 5.81. The van der Waals surface area contributed by atoms with Crippen molar-refractivity contribution in [2.24, 2.45) is 5.41 Å². The topological polar surface area (TPSA) is 46.5 Å². The highest BCUT2D eigenvalue weighted by Crippen LogP contribution is 2.50. The molecule has 0 bridgehead atoms. The van der Waals surface area contributed by atoms with Gasteiger partial charge in [-0.25, -0.2) is 4.79 Å². The summed E-state index contributed by atoms with van der Waals surface area (Å²) >= 11 is 0. The molecule has 12 heavy (non-hydrogen) atoms. The molecule has 0 spiro atoms. The third-order valence-corrected chi connectivity index (χ3v) is 2.56. The zero-order valence-electron chi connectivity index (χ0n) is 7.25. The highest BCUT2D eigenvalue weighted by atomic mass is 16.6. The van der Waals surface area contributed by atoms with Crippen molar-refractivity contribution in [1.29, 1.82) is 0 Å². The number of rotatable bonds is 4. The fourth-order valence-electron chi connectivity index (χ4n) is 1.32. The van der Waals surface area contributed by atoms with Gasteiger partial charge in [0.15, 0.2) is 0 Å². The van der Waals surface area contributed by atoms with Crippen molar-refractivity contribution in [2.45, 2.75) is 25.9 Å². The molecule has 0 aromatic heterocycles. The van der Waals surface area contributed by atoms with Gasteiger partial charge < -0.3 is 9.84 Å². The van der Waals surface area contributed by atoms with Crippen LogP contribution in [-0.2, 0) is 9.53 Å². The summed E-state index contributed by atoms with van der Waals surface area (Å²) in [5, 5.41) is 9.00. The van der Waals surface area contributed by atoms with Crippen LogP contribution in [0.3, 0.4) is 0 Å². The lowest BCUT2D eigenvalue weighted by molar-refractivity contribution is -0.140. The predicted molar refractivity (Wildman–Crippen MR) is 44.5 cm³/mol. The van der Waals surface area contributed by atoms with E-state index < -0.39 is 5.97 Å². The van der Waals surface area contributed by atoms with Gasteiger partial charge >= 0.3 is 5.97 Å². The van der Waals surface area contributed by atoms with E-state index in [0.717, 1.165) is 18.9 Å². The van der Waals surface area contributed by atoms with Gasteiger partial charge in [0.25, 0.3) is 0 Å². The molecule has 0 aliphatic heterocycles. The maximum absolute atomic E-state index is 10.8. The molecule has 1 N–H and O–H groups in total.